The molecule has 0 aromatic heterocycles. The predicted octanol–water partition coefficient (Wildman–Crippen LogP) is 1.65. The molecular weight excluding hydrogens is 174 g/mol. The van der Waals surface area contributed by atoms with Gasteiger partial charge in [-0.25, -0.2) is 0 Å². The summed E-state index contributed by atoms with van der Waals surface area (Å²) in [5, 5.41) is 8.04. The smallest absolute Gasteiger partial charge is 0.0986 e. The zero-order valence-corrected chi connectivity index (χ0v) is 9.88. The summed E-state index contributed by atoms with van der Waals surface area (Å²) in [5.41, 5.74) is 0. The number of hydrogen-bond donors (Lipinski definition) is 1. The molecule has 1 aliphatic rings. The Balaban J connectivity index is 2.63. The molecule has 0 aromatic carbocycles. The second kappa shape index (κ2) is 4.78. The molecule has 3 nitrogen and oxygen atoms in total. The van der Waals surface area contributed by atoms with Crippen molar-refractivity contribution in [2.75, 3.05) is 26.7 Å². The largest absolute Gasteiger partial charge is 0.356 e. The third-order valence-electron chi connectivity index (χ3n) is 2.90. The number of rotatable bonds is 1. The summed E-state index contributed by atoms with van der Waals surface area (Å²) in [4.78, 5) is 4.62. The standard InChI is InChI=1S/C11H23N3/c1-9(2)11(12)14-7-5-6-13(4)8-10(14)3/h9-10,12H,5-8H2,1-4H3. The highest BCUT2D eigenvalue weighted by molar-refractivity contribution is 5.81. The fraction of sp³-hybridized carbons (Fsp3) is 0.909. The van der Waals surface area contributed by atoms with Gasteiger partial charge in [0.05, 0.1) is 5.84 Å². The maximum Gasteiger partial charge on any atom is 0.0986 e. The summed E-state index contributed by atoms with van der Waals surface area (Å²) in [7, 11) is 2.17. The van der Waals surface area contributed by atoms with Gasteiger partial charge in [-0.15, -0.1) is 0 Å². The summed E-state index contributed by atoms with van der Waals surface area (Å²) in [6, 6.07) is 0.484. The van der Waals surface area contributed by atoms with Crippen molar-refractivity contribution in [3.8, 4) is 0 Å². The van der Waals surface area contributed by atoms with E-state index < -0.39 is 0 Å². The van der Waals surface area contributed by atoms with Gasteiger partial charge < -0.3 is 9.80 Å². The van der Waals surface area contributed by atoms with E-state index in [-0.39, 0.29) is 0 Å². The van der Waals surface area contributed by atoms with Crippen LogP contribution in [0.4, 0.5) is 0 Å². The van der Waals surface area contributed by atoms with Crippen LogP contribution in [0.5, 0.6) is 0 Å². The van der Waals surface area contributed by atoms with E-state index in [1.807, 2.05) is 0 Å². The van der Waals surface area contributed by atoms with Crippen LogP contribution in [-0.2, 0) is 0 Å². The molecule has 0 bridgehead atoms. The van der Waals surface area contributed by atoms with E-state index in [9.17, 15) is 0 Å². The Bertz CT molecular complexity index is 201. The highest BCUT2D eigenvalue weighted by Gasteiger charge is 2.22. The van der Waals surface area contributed by atoms with Gasteiger partial charge in [-0.3, -0.25) is 5.41 Å². The van der Waals surface area contributed by atoms with Gasteiger partial charge in [0.2, 0.25) is 0 Å². The first kappa shape index (κ1) is 11.5. The molecule has 1 unspecified atom stereocenters. The Hall–Kier alpha value is -0.570. The number of nitrogens with one attached hydrogen (secondary N) is 1. The van der Waals surface area contributed by atoms with Crippen molar-refractivity contribution in [1.29, 1.82) is 5.41 Å². The van der Waals surface area contributed by atoms with E-state index in [1.54, 1.807) is 0 Å². The molecule has 0 aromatic rings. The second-order valence-corrected chi connectivity index (χ2v) is 4.70. The van der Waals surface area contributed by atoms with Crippen molar-refractivity contribution in [1.82, 2.24) is 9.80 Å². The topological polar surface area (TPSA) is 30.3 Å². The summed E-state index contributed by atoms with van der Waals surface area (Å²) in [6.07, 6.45) is 1.18. The molecule has 0 amide bonds. The predicted molar refractivity (Wildman–Crippen MR) is 60.8 cm³/mol. The molecule has 82 valence electrons. The molecule has 1 saturated heterocycles. The Labute approximate surface area is 87.6 Å². The van der Waals surface area contributed by atoms with Gasteiger partial charge in [-0.2, -0.15) is 0 Å². The molecule has 14 heavy (non-hydrogen) atoms. The van der Waals surface area contributed by atoms with E-state index in [2.05, 4.69) is 37.6 Å². The van der Waals surface area contributed by atoms with Crippen LogP contribution in [0.25, 0.3) is 0 Å². The molecule has 1 aliphatic heterocycles. The van der Waals surface area contributed by atoms with Crippen molar-refractivity contribution >= 4 is 5.84 Å². The summed E-state index contributed by atoms with van der Waals surface area (Å²) in [6.45, 7) is 9.70. The molecule has 3 heteroatoms. The van der Waals surface area contributed by atoms with Gasteiger partial charge >= 0.3 is 0 Å². The molecule has 1 fully saturated rings. The van der Waals surface area contributed by atoms with Gasteiger partial charge in [0.25, 0.3) is 0 Å². The first-order chi connectivity index (χ1) is 6.52. The molecule has 0 spiro atoms. The molecule has 0 radical (unpaired) electrons. The van der Waals surface area contributed by atoms with E-state index in [0.29, 0.717) is 12.0 Å². The first-order valence-corrected chi connectivity index (χ1v) is 5.56. The molecule has 1 N–H and O–H groups in total. The summed E-state index contributed by atoms with van der Waals surface area (Å²) >= 11 is 0. The summed E-state index contributed by atoms with van der Waals surface area (Å²) in [5.74, 6) is 1.15. The minimum atomic E-state index is 0.348. The van der Waals surface area contributed by atoms with Gasteiger partial charge in [-0.1, -0.05) is 13.8 Å². The lowest BCUT2D eigenvalue weighted by Gasteiger charge is -2.32. The van der Waals surface area contributed by atoms with Crippen molar-refractivity contribution in [2.24, 2.45) is 5.92 Å². The van der Waals surface area contributed by atoms with E-state index in [0.717, 1.165) is 25.5 Å². The zero-order valence-electron chi connectivity index (χ0n) is 9.88. The fourth-order valence-corrected chi connectivity index (χ4v) is 2.06. The molecular formula is C11H23N3. The van der Waals surface area contributed by atoms with Crippen LogP contribution in [0.3, 0.4) is 0 Å². The van der Waals surface area contributed by atoms with Crippen LogP contribution >= 0.6 is 0 Å². The van der Waals surface area contributed by atoms with Crippen LogP contribution in [0, 0.1) is 11.3 Å². The van der Waals surface area contributed by atoms with Gasteiger partial charge in [0.15, 0.2) is 0 Å². The Morgan fingerprint density at radius 3 is 2.57 bits per heavy atom. The van der Waals surface area contributed by atoms with Crippen LogP contribution in [-0.4, -0.2) is 48.4 Å². The maximum atomic E-state index is 8.04. The highest BCUT2D eigenvalue weighted by atomic mass is 15.3. The van der Waals surface area contributed by atoms with Gasteiger partial charge in [0.1, 0.15) is 0 Å². The highest BCUT2D eigenvalue weighted by Crippen LogP contribution is 2.12. The lowest BCUT2D eigenvalue weighted by atomic mass is 10.1. The van der Waals surface area contributed by atoms with E-state index in [4.69, 9.17) is 5.41 Å². The fourth-order valence-electron chi connectivity index (χ4n) is 2.06. The first-order valence-electron chi connectivity index (χ1n) is 5.56. The lowest BCUT2D eigenvalue weighted by molar-refractivity contribution is 0.278. The summed E-state index contributed by atoms with van der Waals surface area (Å²) < 4.78 is 0. The van der Waals surface area contributed by atoms with Gasteiger partial charge in [-0.05, 0) is 26.9 Å². The monoisotopic (exact) mass is 197 g/mol. The number of amidine groups is 1. The zero-order chi connectivity index (χ0) is 10.7. The molecule has 1 rings (SSSR count). The third kappa shape index (κ3) is 2.71. The van der Waals surface area contributed by atoms with Gasteiger partial charge in [0, 0.05) is 25.0 Å². The van der Waals surface area contributed by atoms with Crippen LogP contribution in [0.2, 0.25) is 0 Å². The van der Waals surface area contributed by atoms with Crippen molar-refractivity contribution in [3.63, 3.8) is 0 Å². The normalized spacial score (nSPS) is 25.2. The number of nitrogens with zero attached hydrogens (tertiary/aromatic N) is 2. The van der Waals surface area contributed by atoms with E-state index >= 15 is 0 Å². The second-order valence-electron chi connectivity index (χ2n) is 4.70. The average molecular weight is 197 g/mol. The minimum Gasteiger partial charge on any atom is -0.356 e. The van der Waals surface area contributed by atoms with Crippen molar-refractivity contribution in [2.45, 2.75) is 33.2 Å². The van der Waals surface area contributed by atoms with E-state index in [1.165, 1.54) is 6.42 Å². The lowest BCUT2D eigenvalue weighted by Crippen LogP contribution is -2.43. The third-order valence-corrected chi connectivity index (χ3v) is 2.90. The SMILES string of the molecule is CC(C)C(=N)N1CCCN(C)CC1C. The Kier molecular flexibility index (Phi) is 3.93. The quantitative estimate of drug-likeness (QED) is 0.512. The van der Waals surface area contributed by atoms with Crippen molar-refractivity contribution in [3.05, 3.63) is 0 Å². The number of likely N-dealkylation sites (N-methyl/N-ethyl adjacent to an activating group) is 1. The van der Waals surface area contributed by atoms with Crippen molar-refractivity contribution < 1.29 is 0 Å². The Morgan fingerprint density at radius 1 is 1.36 bits per heavy atom. The maximum absolute atomic E-state index is 8.04. The van der Waals surface area contributed by atoms with Crippen LogP contribution < -0.4 is 0 Å². The number of hydrogen-bond acceptors (Lipinski definition) is 2. The molecule has 1 atom stereocenters. The minimum absolute atomic E-state index is 0.348. The Morgan fingerprint density at radius 2 is 2.00 bits per heavy atom. The average Bonchev–Trinajstić information content (AvgIpc) is 2.25. The van der Waals surface area contributed by atoms with Crippen LogP contribution in [0.1, 0.15) is 27.2 Å². The molecule has 0 aliphatic carbocycles. The van der Waals surface area contributed by atoms with Crippen LogP contribution in [0.15, 0.2) is 0 Å². The molecule has 0 saturated carbocycles. The molecule has 1 heterocycles.